The molecular weight excluding hydrogens is 318 g/mol. The van der Waals surface area contributed by atoms with Crippen LogP contribution in [-0.4, -0.2) is 40.0 Å². The number of nitrogens with zero attached hydrogens (tertiary/aromatic N) is 4. The zero-order valence-corrected chi connectivity index (χ0v) is 15.0. The Kier molecular flexibility index (Phi) is 5.14. The highest BCUT2D eigenvalue weighted by Crippen LogP contribution is 2.20. The molecule has 0 aliphatic heterocycles. The fraction of sp³-hybridized carbons (Fsp3) is 0.389. The van der Waals surface area contributed by atoms with E-state index in [-0.39, 0.29) is 0 Å². The summed E-state index contributed by atoms with van der Waals surface area (Å²) in [4.78, 5) is 8.99. The van der Waals surface area contributed by atoms with E-state index < -0.39 is 0 Å². The first-order chi connectivity index (χ1) is 12.1. The number of benzene rings is 1. The average Bonchev–Trinajstić information content (AvgIpc) is 2.96. The summed E-state index contributed by atoms with van der Waals surface area (Å²) in [6.45, 7) is 5.69. The van der Waals surface area contributed by atoms with E-state index in [9.17, 15) is 0 Å². The molecule has 7 heteroatoms. The molecule has 0 saturated carbocycles. The highest BCUT2D eigenvalue weighted by Gasteiger charge is 2.11. The summed E-state index contributed by atoms with van der Waals surface area (Å²) in [6.07, 6.45) is 1.76. The molecule has 0 amide bonds. The molecule has 0 spiro atoms. The second-order valence-corrected chi connectivity index (χ2v) is 5.95. The van der Waals surface area contributed by atoms with Gasteiger partial charge in [-0.1, -0.05) is 6.07 Å². The predicted octanol–water partition coefficient (Wildman–Crippen LogP) is 2.62. The Hall–Kier alpha value is -2.67. The van der Waals surface area contributed by atoms with Crippen LogP contribution >= 0.6 is 0 Å². The zero-order valence-electron chi connectivity index (χ0n) is 15.0. The molecule has 7 nitrogen and oxygen atoms in total. The lowest BCUT2D eigenvalue weighted by atomic mass is 10.1. The third-order valence-electron chi connectivity index (χ3n) is 4.05. The van der Waals surface area contributed by atoms with Crippen molar-refractivity contribution in [3.05, 3.63) is 41.3 Å². The van der Waals surface area contributed by atoms with Gasteiger partial charge in [-0.25, -0.2) is 9.97 Å². The number of hydrogen-bond donors (Lipinski definition) is 1. The molecule has 3 aromatic rings. The van der Waals surface area contributed by atoms with E-state index in [4.69, 9.17) is 9.47 Å². The van der Waals surface area contributed by atoms with Gasteiger partial charge in [0.2, 0.25) is 0 Å². The van der Waals surface area contributed by atoms with Crippen molar-refractivity contribution in [1.29, 1.82) is 0 Å². The zero-order chi connectivity index (χ0) is 17.8. The van der Waals surface area contributed by atoms with Crippen LogP contribution in [0.2, 0.25) is 0 Å². The number of fused-ring (bicyclic) bond motifs is 1. The van der Waals surface area contributed by atoms with Crippen molar-refractivity contribution < 1.29 is 9.47 Å². The molecule has 0 bridgehead atoms. The molecule has 0 fully saturated rings. The molecule has 132 valence electrons. The molecule has 1 N–H and O–H groups in total. The molecule has 0 aliphatic rings. The minimum Gasteiger partial charge on any atom is -0.492 e. The molecule has 2 heterocycles. The smallest absolute Gasteiger partial charge is 0.163 e. The summed E-state index contributed by atoms with van der Waals surface area (Å²) in [5.41, 5.74) is 3.26. The van der Waals surface area contributed by atoms with Gasteiger partial charge in [0, 0.05) is 14.2 Å². The van der Waals surface area contributed by atoms with E-state index in [1.165, 1.54) is 11.1 Å². The molecule has 0 aliphatic carbocycles. The van der Waals surface area contributed by atoms with Crippen molar-refractivity contribution in [2.45, 2.75) is 20.5 Å². The van der Waals surface area contributed by atoms with Gasteiger partial charge in [0.05, 0.1) is 18.1 Å². The van der Waals surface area contributed by atoms with Gasteiger partial charge in [0.25, 0.3) is 0 Å². The third-order valence-corrected chi connectivity index (χ3v) is 4.05. The second kappa shape index (κ2) is 7.48. The summed E-state index contributed by atoms with van der Waals surface area (Å²) >= 11 is 0. The first-order valence-corrected chi connectivity index (χ1v) is 8.20. The van der Waals surface area contributed by atoms with Gasteiger partial charge in [-0.15, -0.1) is 0 Å². The topological polar surface area (TPSA) is 74.1 Å². The number of anilines is 1. The number of rotatable bonds is 7. The van der Waals surface area contributed by atoms with Gasteiger partial charge in [0.15, 0.2) is 11.5 Å². The quantitative estimate of drug-likeness (QED) is 0.666. The van der Waals surface area contributed by atoms with Crippen LogP contribution in [0.15, 0.2) is 24.4 Å². The molecule has 25 heavy (non-hydrogen) atoms. The average molecular weight is 341 g/mol. The number of ether oxygens (including phenoxy) is 2. The number of nitrogens with one attached hydrogen (secondary N) is 1. The molecule has 1 aromatic carbocycles. The van der Waals surface area contributed by atoms with E-state index in [0.29, 0.717) is 25.6 Å². The van der Waals surface area contributed by atoms with Crippen LogP contribution in [0.1, 0.15) is 17.0 Å². The molecular formula is C18H23N5O2. The normalized spacial score (nSPS) is 11.0. The fourth-order valence-corrected chi connectivity index (χ4v) is 2.54. The Morgan fingerprint density at radius 1 is 1.16 bits per heavy atom. The Balaban J connectivity index is 1.67. The van der Waals surface area contributed by atoms with E-state index in [1.807, 2.05) is 13.1 Å². The van der Waals surface area contributed by atoms with Gasteiger partial charge in [-0.05, 0) is 37.1 Å². The van der Waals surface area contributed by atoms with Crippen molar-refractivity contribution in [3.63, 3.8) is 0 Å². The fourth-order valence-electron chi connectivity index (χ4n) is 2.54. The Bertz CT molecular complexity index is 875. The summed E-state index contributed by atoms with van der Waals surface area (Å²) in [7, 11) is 3.49. The maximum absolute atomic E-state index is 5.81. The summed E-state index contributed by atoms with van der Waals surface area (Å²) in [6, 6.07) is 6.11. The number of aromatic nitrogens is 4. The van der Waals surface area contributed by atoms with Gasteiger partial charge >= 0.3 is 0 Å². The van der Waals surface area contributed by atoms with Crippen LogP contribution in [0.5, 0.6) is 5.75 Å². The molecule has 0 radical (unpaired) electrons. The van der Waals surface area contributed by atoms with Crippen LogP contribution in [0.3, 0.4) is 0 Å². The highest BCUT2D eigenvalue weighted by molar-refractivity contribution is 5.86. The van der Waals surface area contributed by atoms with Crippen molar-refractivity contribution in [2.75, 3.05) is 25.6 Å². The first-order valence-electron chi connectivity index (χ1n) is 8.20. The lowest BCUT2D eigenvalue weighted by molar-refractivity contribution is 0.178. The SMILES string of the molecule is COCc1nc(NCCOc2ccc(C)c(C)c2)c2cnn(C)c2n1. The van der Waals surface area contributed by atoms with Gasteiger partial charge in [0.1, 0.15) is 24.8 Å². The lowest BCUT2D eigenvalue weighted by Crippen LogP contribution is -2.14. The minimum atomic E-state index is 0.356. The molecule has 2 aromatic heterocycles. The van der Waals surface area contributed by atoms with Gasteiger partial charge < -0.3 is 14.8 Å². The molecule has 0 atom stereocenters. The number of aryl methyl sites for hydroxylation is 3. The summed E-state index contributed by atoms with van der Waals surface area (Å²) < 4.78 is 12.7. The van der Waals surface area contributed by atoms with E-state index in [1.54, 1.807) is 18.0 Å². The van der Waals surface area contributed by atoms with Gasteiger partial charge in [-0.3, -0.25) is 4.68 Å². The third kappa shape index (κ3) is 3.88. The number of hydrogen-bond acceptors (Lipinski definition) is 6. The largest absolute Gasteiger partial charge is 0.492 e. The molecule has 3 rings (SSSR count). The Morgan fingerprint density at radius 3 is 2.76 bits per heavy atom. The van der Waals surface area contributed by atoms with Crippen molar-refractivity contribution in [3.8, 4) is 5.75 Å². The maximum Gasteiger partial charge on any atom is 0.163 e. The van der Waals surface area contributed by atoms with Crippen molar-refractivity contribution in [2.24, 2.45) is 7.05 Å². The van der Waals surface area contributed by atoms with Crippen molar-refractivity contribution >= 4 is 16.9 Å². The predicted molar refractivity (Wildman–Crippen MR) is 96.9 cm³/mol. The van der Waals surface area contributed by atoms with Gasteiger partial charge in [-0.2, -0.15) is 5.10 Å². The highest BCUT2D eigenvalue weighted by atomic mass is 16.5. The van der Waals surface area contributed by atoms with Crippen LogP contribution in [0.4, 0.5) is 5.82 Å². The second-order valence-electron chi connectivity index (χ2n) is 5.95. The maximum atomic E-state index is 5.81. The van der Waals surface area contributed by atoms with Crippen LogP contribution in [-0.2, 0) is 18.4 Å². The Labute approximate surface area is 147 Å². The standard InChI is InChI=1S/C18H23N5O2/c1-12-5-6-14(9-13(12)2)25-8-7-19-17-15-10-20-23(3)18(15)22-16(21-17)11-24-4/h5-6,9-10H,7-8,11H2,1-4H3,(H,19,21,22). The van der Waals surface area contributed by atoms with E-state index >= 15 is 0 Å². The monoisotopic (exact) mass is 341 g/mol. The molecule has 0 unspecified atom stereocenters. The van der Waals surface area contributed by atoms with Crippen molar-refractivity contribution in [1.82, 2.24) is 19.7 Å². The van der Waals surface area contributed by atoms with E-state index in [2.05, 4.69) is 46.4 Å². The first kappa shape index (κ1) is 17.2. The lowest BCUT2D eigenvalue weighted by Gasteiger charge is -2.11. The van der Waals surface area contributed by atoms with Crippen LogP contribution in [0, 0.1) is 13.8 Å². The summed E-state index contributed by atoms with van der Waals surface area (Å²) in [5, 5.41) is 8.45. The van der Waals surface area contributed by atoms with E-state index in [0.717, 1.165) is 22.6 Å². The number of methoxy groups -OCH3 is 1. The van der Waals surface area contributed by atoms with Crippen LogP contribution in [0.25, 0.3) is 11.0 Å². The Morgan fingerprint density at radius 2 is 2.00 bits per heavy atom. The summed E-state index contributed by atoms with van der Waals surface area (Å²) in [5.74, 6) is 2.24. The van der Waals surface area contributed by atoms with Crippen LogP contribution < -0.4 is 10.1 Å². The minimum absolute atomic E-state index is 0.356. The molecule has 0 saturated heterocycles.